The Bertz CT molecular complexity index is 490. The van der Waals surface area contributed by atoms with Crippen LogP contribution in [0.15, 0.2) is 12.1 Å². The summed E-state index contributed by atoms with van der Waals surface area (Å²) in [4.78, 5) is 2.67. The van der Waals surface area contributed by atoms with Gasteiger partial charge in [0.25, 0.3) is 0 Å². The molecule has 0 radical (unpaired) electrons. The Morgan fingerprint density at radius 1 is 1.11 bits per heavy atom. The lowest BCUT2D eigenvalue weighted by Crippen LogP contribution is -2.16. The molecule has 0 atom stereocenters. The van der Waals surface area contributed by atoms with Crippen molar-refractivity contribution >= 4 is 22.7 Å². The Balaban J connectivity index is 1.84. The Labute approximate surface area is 123 Å². The van der Waals surface area contributed by atoms with E-state index in [0.29, 0.717) is 0 Å². The zero-order chi connectivity index (χ0) is 13.5. The summed E-state index contributed by atoms with van der Waals surface area (Å²) in [5.74, 6) is 0. The van der Waals surface area contributed by atoms with Crippen LogP contribution in [0.3, 0.4) is 0 Å². The van der Waals surface area contributed by atoms with Gasteiger partial charge in [0.2, 0.25) is 0 Å². The first-order valence-corrected chi connectivity index (χ1v) is 8.59. The molecule has 0 bridgehead atoms. The molecule has 0 spiro atoms. The number of nitrogens with zero attached hydrogens (tertiary/aromatic N) is 2. The van der Waals surface area contributed by atoms with Gasteiger partial charge in [0.05, 0.1) is 4.88 Å². The molecule has 2 aromatic rings. The average molecular weight is 295 g/mol. The Kier molecular flexibility index (Phi) is 5.94. The van der Waals surface area contributed by atoms with Crippen LogP contribution in [0.4, 0.5) is 0 Å². The monoisotopic (exact) mass is 295 g/mol. The van der Waals surface area contributed by atoms with E-state index in [1.54, 1.807) is 11.3 Å². The summed E-state index contributed by atoms with van der Waals surface area (Å²) < 4.78 is 0. The molecule has 0 aliphatic carbocycles. The Morgan fingerprint density at radius 2 is 2.00 bits per heavy atom. The predicted molar refractivity (Wildman–Crippen MR) is 84.1 cm³/mol. The molecule has 0 aliphatic rings. The topological polar surface area (TPSA) is 37.8 Å². The highest BCUT2D eigenvalue weighted by Gasteiger charge is 2.08. The van der Waals surface area contributed by atoms with Gasteiger partial charge in [-0.3, -0.25) is 0 Å². The third-order valence-electron chi connectivity index (χ3n) is 2.86. The molecule has 0 amide bonds. The number of aryl methyl sites for hydroxylation is 2. The molecular formula is C14H21N3S2. The average Bonchev–Trinajstić information content (AvgIpc) is 3.07. The van der Waals surface area contributed by atoms with Gasteiger partial charge in [-0.2, -0.15) is 0 Å². The normalized spacial score (nSPS) is 11.1. The van der Waals surface area contributed by atoms with Crippen LogP contribution in [0.2, 0.25) is 0 Å². The lowest BCUT2D eigenvalue weighted by atomic mass is 10.3. The van der Waals surface area contributed by atoms with E-state index in [2.05, 4.69) is 41.5 Å². The molecule has 0 aromatic carbocycles. The highest BCUT2D eigenvalue weighted by molar-refractivity contribution is 7.21. The van der Waals surface area contributed by atoms with Crippen molar-refractivity contribution in [3.63, 3.8) is 0 Å². The maximum atomic E-state index is 4.31. The second-order valence-corrected chi connectivity index (χ2v) is 6.70. The summed E-state index contributed by atoms with van der Waals surface area (Å²) in [5.41, 5.74) is 0. The van der Waals surface area contributed by atoms with Crippen molar-refractivity contribution in [1.82, 2.24) is 15.5 Å². The van der Waals surface area contributed by atoms with Crippen LogP contribution >= 0.6 is 22.7 Å². The predicted octanol–water partition coefficient (Wildman–Crippen LogP) is 3.76. The first-order valence-electron chi connectivity index (χ1n) is 6.95. The standard InChI is InChI=1S/C14H21N3S2/c1-3-9-15-10-5-6-13-16-17-14(19-13)12-8-7-11(4-2)18-12/h7-8,15H,3-6,9-10H2,1-2H3. The molecular weight excluding hydrogens is 274 g/mol. The van der Waals surface area contributed by atoms with Gasteiger partial charge in [0.1, 0.15) is 5.01 Å². The van der Waals surface area contributed by atoms with Crippen LogP contribution in [-0.4, -0.2) is 23.3 Å². The van der Waals surface area contributed by atoms with Gasteiger partial charge in [0, 0.05) is 11.3 Å². The molecule has 0 saturated heterocycles. The molecule has 1 N–H and O–H groups in total. The smallest absolute Gasteiger partial charge is 0.157 e. The van der Waals surface area contributed by atoms with Crippen molar-refractivity contribution in [2.24, 2.45) is 0 Å². The quantitative estimate of drug-likeness (QED) is 0.754. The van der Waals surface area contributed by atoms with Crippen LogP contribution in [0.1, 0.15) is 36.6 Å². The van der Waals surface area contributed by atoms with Crippen molar-refractivity contribution in [2.45, 2.75) is 39.5 Å². The van der Waals surface area contributed by atoms with Crippen LogP contribution in [-0.2, 0) is 12.8 Å². The maximum Gasteiger partial charge on any atom is 0.157 e. The van der Waals surface area contributed by atoms with Crippen molar-refractivity contribution in [1.29, 1.82) is 0 Å². The molecule has 0 unspecified atom stereocenters. The van der Waals surface area contributed by atoms with Crippen LogP contribution < -0.4 is 5.32 Å². The summed E-state index contributed by atoms with van der Waals surface area (Å²) in [7, 11) is 0. The number of thiophene rings is 1. The van der Waals surface area contributed by atoms with Crippen molar-refractivity contribution in [3.05, 3.63) is 22.0 Å². The van der Waals surface area contributed by atoms with Gasteiger partial charge in [-0.25, -0.2) is 0 Å². The molecule has 19 heavy (non-hydrogen) atoms. The van der Waals surface area contributed by atoms with E-state index in [1.807, 2.05) is 11.3 Å². The van der Waals surface area contributed by atoms with Crippen molar-refractivity contribution in [2.75, 3.05) is 13.1 Å². The van der Waals surface area contributed by atoms with E-state index in [1.165, 1.54) is 16.2 Å². The second-order valence-electron chi connectivity index (χ2n) is 4.47. The number of rotatable bonds is 8. The minimum Gasteiger partial charge on any atom is -0.317 e. The summed E-state index contributed by atoms with van der Waals surface area (Å²) in [6, 6.07) is 4.35. The summed E-state index contributed by atoms with van der Waals surface area (Å²) >= 11 is 3.56. The molecule has 5 heteroatoms. The maximum absolute atomic E-state index is 4.31. The third-order valence-corrected chi connectivity index (χ3v) is 5.24. The van der Waals surface area contributed by atoms with Crippen LogP contribution in [0.5, 0.6) is 0 Å². The number of hydrogen-bond acceptors (Lipinski definition) is 5. The molecule has 2 rings (SSSR count). The zero-order valence-corrected chi connectivity index (χ0v) is 13.2. The van der Waals surface area contributed by atoms with E-state index < -0.39 is 0 Å². The number of aromatic nitrogens is 2. The minimum atomic E-state index is 1.03. The summed E-state index contributed by atoms with van der Waals surface area (Å²) in [6.45, 7) is 6.55. The lowest BCUT2D eigenvalue weighted by molar-refractivity contribution is 0.637. The van der Waals surface area contributed by atoms with E-state index in [-0.39, 0.29) is 0 Å². The Hall–Kier alpha value is -0.780. The Morgan fingerprint density at radius 3 is 2.74 bits per heavy atom. The van der Waals surface area contributed by atoms with Gasteiger partial charge < -0.3 is 5.32 Å². The van der Waals surface area contributed by atoms with Gasteiger partial charge in [-0.1, -0.05) is 25.2 Å². The van der Waals surface area contributed by atoms with Gasteiger partial charge in [-0.15, -0.1) is 21.5 Å². The fraction of sp³-hybridized carbons (Fsp3) is 0.571. The van der Waals surface area contributed by atoms with Gasteiger partial charge in [0.15, 0.2) is 5.01 Å². The SMILES string of the molecule is CCCNCCCc1nnc(-c2ccc(CC)s2)s1. The van der Waals surface area contributed by atoms with Crippen LogP contribution in [0.25, 0.3) is 9.88 Å². The molecule has 3 nitrogen and oxygen atoms in total. The molecule has 0 aliphatic heterocycles. The second kappa shape index (κ2) is 7.72. The fourth-order valence-corrected chi connectivity index (χ4v) is 3.68. The summed E-state index contributed by atoms with van der Waals surface area (Å²) in [5, 5.41) is 14.2. The van der Waals surface area contributed by atoms with E-state index in [9.17, 15) is 0 Å². The highest BCUT2D eigenvalue weighted by Crippen LogP contribution is 2.30. The van der Waals surface area contributed by atoms with Gasteiger partial charge >= 0.3 is 0 Å². The summed E-state index contributed by atoms with van der Waals surface area (Å²) in [6.07, 6.45) is 4.46. The van der Waals surface area contributed by atoms with Crippen molar-refractivity contribution < 1.29 is 0 Å². The number of hydrogen-bond donors (Lipinski definition) is 1. The first-order chi connectivity index (χ1) is 9.33. The van der Waals surface area contributed by atoms with Crippen molar-refractivity contribution in [3.8, 4) is 9.88 Å². The van der Waals surface area contributed by atoms with E-state index >= 15 is 0 Å². The lowest BCUT2D eigenvalue weighted by Gasteiger charge is -1.99. The molecule has 0 fully saturated rings. The molecule has 0 saturated carbocycles. The van der Waals surface area contributed by atoms with Gasteiger partial charge in [-0.05, 0) is 44.5 Å². The highest BCUT2D eigenvalue weighted by atomic mass is 32.1. The molecule has 104 valence electrons. The van der Waals surface area contributed by atoms with E-state index in [0.717, 1.165) is 42.4 Å². The van der Waals surface area contributed by atoms with E-state index in [4.69, 9.17) is 0 Å². The number of nitrogens with one attached hydrogen (secondary N) is 1. The van der Waals surface area contributed by atoms with Crippen LogP contribution in [0, 0.1) is 0 Å². The minimum absolute atomic E-state index is 1.03. The first kappa shape index (κ1) is 14.6. The zero-order valence-electron chi connectivity index (χ0n) is 11.6. The fourth-order valence-electron chi connectivity index (χ4n) is 1.80. The molecule has 2 aromatic heterocycles. The largest absolute Gasteiger partial charge is 0.317 e. The third kappa shape index (κ3) is 4.37. The molecule has 2 heterocycles.